The van der Waals surface area contributed by atoms with Crippen LogP contribution in [0.4, 0.5) is 4.79 Å². The molecule has 0 radical (unpaired) electrons. The molecule has 0 spiro atoms. The lowest BCUT2D eigenvalue weighted by Gasteiger charge is -2.22. The van der Waals surface area contributed by atoms with Crippen molar-refractivity contribution < 1.29 is 19.1 Å². The van der Waals surface area contributed by atoms with E-state index < -0.39 is 23.7 Å². The Labute approximate surface area is 172 Å². The molecule has 154 valence electrons. The zero-order valence-corrected chi connectivity index (χ0v) is 17.5. The molecule has 5 heteroatoms. The van der Waals surface area contributed by atoms with Gasteiger partial charge in [-0.25, -0.2) is 9.59 Å². The van der Waals surface area contributed by atoms with Crippen molar-refractivity contribution in [1.29, 1.82) is 0 Å². The van der Waals surface area contributed by atoms with Crippen LogP contribution in [0.3, 0.4) is 0 Å². The molecule has 29 heavy (non-hydrogen) atoms. The largest absolute Gasteiger partial charge is 0.463 e. The molecule has 1 atom stereocenters. The van der Waals surface area contributed by atoms with E-state index in [0.717, 1.165) is 16.7 Å². The van der Waals surface area contributed by atoms with Crippen LogP contribution in [0, 0.1) is 0 Å². The summed E-state index contributed by atoms with van der Waals surface area (Å²) < 4.78 is 10.3. The SMILES string of the molecule is CCOC(=O)C=CC(Cc1ccc(-c2ccccc2)cc1)NC(=O)OC(C)(C)C. The molecule has 2 rings (SSSR count). The van der Waals surface area contributed by atoms with Gasteiger partial charge in [0.05, 0.1) is 12.6 Å². The Morgan fingerprint density at radius 1 is 1.00 bits per heavy atom. The number of esters is 1. The highest BCUT2D eigenvalue weighted by Crippen LogP contribution is 2.20. The van der Waals surface area contributed by atoms with Gasteiger partial charge in [-0.05, 0) is 50.8 Å². The molecule has 5 nitrogen and oxygen atoms in total. The second-order valence-corrected chi connectivity index (χ2v) is 7.63. The van der Waals surface area contributed by atoms with Gasteiger partial charge in [0.15, 0.2) is 0 Å². The minimum atomic E-state index is -0.600. The molecular formula is C24H29NO4. The number of hydrogen-bond donors (Lipinski definition) is 1. The molecule has 0 fully saturated rings. The number of ether oxygens (including phenoxy) is 2. The normalized spacial score (nSPS) is 12.4. The maximum atomic E-state index is 12.2. The molecule has 0 aliphatic carbocycles. The topological polar surface area (TPSA) is 64.6 Å². The maximum Gasteiger partial charge on any atom is 0.408 e. The monoisotopic (exact) mass is 395 g/mol. The first-order valence-corrected chi connectivity index (χ1v) is 9.75. The predicted molar refractivity (Wildman–Crippen MR) is 115 cm³/mol. The summed E-state index contributed by atoms with van der Waals surface area (Å²) in [5, 5.41) is 2.81. The summed E-state index contributed by atoms with van der Waals surface area (Å²) in [6, 6.07) is 17.8. The van der Waals surface area contributed by atoms with E-state index in [1.54, 1.807) is 33.8 Å². The summed E-state index contributed by atoms with van der Waals surface area (Å²) >= 11 is 0. The van der Waals surface area contributed by atoms with E-state index in [1.165, 1.54) is 6.08 Å². The smallest absolute Gasteiger partial charge is 0.408 e. The molecule has 0 saturated heterocycles. The molecular weight excluding hydrogens is 366 g/mol. The highest BCUT2D eigenvalue weighted by molar-refractivity contribution is 5.82. The summed E-state index contributed by atoms with van der Waals surface area (Å²) in [7, 11) is 0. The first-order chi connectivity index (χ1) is 13.8. The Balaban J connectivity index is 2.11. The average Bonchev–Trinajstić information content (AvgIpc) is 2.66. The highest BCUT2D eigenvalue weighted by Gasteiger charge is 2.19. The highest BCUT2D eigenvalue weighted by atomic mass is 16.6. The van der Waals surface area contributed by atoms with Gasteiger partial charge in [0.2, 0.25) is 0 Å². The third-order valence-electron chi connectivity index (χ3n) is 3.97. The Bertz CT molecular complexity index is 820. The zero-order valence-electron chi connectivity index (χ0n) is 17.5. The fraction of sp³-hybridized carbons (Fsp3) is 0.333. The summed E-state index contributed by atoms with van der Waals surface area (Å²) in [4.78, 5) is 23.8. The lowest BCUT2D eigenvalue weighted by molar-refractivity contribution is -0.137. The van der Waals surface area contributed by atoms with E-state index in [1.807, 2.05) is 42.5 Å². The van der Waals surface area contributed by atoms with Crippen molar-refractivity contribution >= 4 is 12.1 Å². The van der Waals surface area contributed by atoms with Gasteiger partial charge in [0.25, 0.3) is 0 Å². The van der Waals surface area contributed by atoms with Crippen LogP contribution in [-0.2, 0) is 20.7 Å². The molecule has 0 aromatic heterocycles. The van der Waals surface area contributed by atoms with Gasteiger partial charge in [-0.2, -0.15) is 0 Å². The third kappa shape index (κ3) is 8.21. The van der Waals surface area contributed by atoms with Crippen molar-refractivity contribution in [2.24, 2.45) is 0 Å². The van der Waals surface area contributed by atoms with E-state index in [0.29, 0.717) is 13.0 Å². The number of hydrogen-bond acceptors (Lipinski definition) is 4. The van der Waals surface area contributed by atoms with Gasteiger partial charge in [-0.3, -0.25) is 0 Å². The van der Waals surface area contributed by atoms with E-state index >= 15 is 0 Å². The number of nitrogens with one attached hydrogen (secondary N) is 1. The average molecular weight is 395 g/mol. The van der Waals surface area contributed by atoms with E-state index in [2.05, 4.69) is 17.4 Å². The summed E-state index contributed by atoms with van der Waals surface area (Å²) in [6.07, 6.45) is 2.96. The lowest BCUT2D eigenvalue weighted by Crippen LogP contribution is -2.39. The van der Waals surface area contributed by atoms with Gasteiger partial charge in [-0.15, -0.1) is 0 Å². The van der Waals surface area contributed by atoms with E-state index in [-0.39, 0.29) is 0 Å². The molecule has 0 saturated carbocycles. The minimum Gasteiger partial charge on any atom is -0.463 e. The van der Waals surface area contributed by atoms with Crippen molar-refractivity contribution in [3.8, 4) is 11.1 Å². The number of benzene rings is 2. The fourth-order valence-corrected chi connectivity index (χ4v) is 2.73. The quantitative estimate of drug-likeness (QED) is 0.534. The van der Waals surface area contributed by atoms with E-state index in [4.69, 9.17) is 9.47 Å². The second kappa shape index (κ2) is 10.5. The van der Waals surface area contributed by atoms with Crippen molar-refractivity contribution in [3.63, 3.8) is 0 Å². The standard InChI is InChI=1S/C24H29NO4/c1-5-28-22(26)16-15-21(25-23(27)29-24(2,3)4)17-18-11-13-20(14-12-18)19-9-7-6-8-10-19/h6-16,21H,5,17H2,1-4H3,(H,25,27). The maximum absolute atomic E-state index is 12.2. The van der Waals surface area contributed by atoms with Gasteiger partial charge >= 0.3 is 12.1 Å². The van der Waals surface area contributed by atoms with Crippen LogP contribution in [0.5, 0.6) is 0 Å². The predicted octanol–water partition coefficient (Wildman–Crippen LogP) is 4.91. The zero-order chi connectivity index (χ0) is 21.3. The van der Waals surface area contributed by atoms with E-state index in [9.17, 15) is 9.59 Å². The molecule has 0 heterocycles. The molecule has 0 bridgehead atoms. The van der Waals surface area contributed by atoms with Gasteiger partial charge in [0.1, 0.15) is 5.60 Å². The summed E-state index contributed by atoms with van der Waals surface area (Å²) in [6.45, 7) is 7.46. The van der Waals surface area contributed by atoms with Crippen LogP contribution in [0.25, 0.3) is 11.1 Å². The van der Waals surface area contributed by atoms with Gasteiger partial charge in [-0.1, -0.05) is 60.7 Å². The molecule has 2 aromatic carbocycles. The molecule has 1 unspecified atom stereocenters. The first kappa shape index (κ1) is 22.2. The van der Waals surface area contributed by atoms with Gasteiger partial charge in [0, 0.05) is 6.08 Å². The van der Waals surface area contributed by atoms with Gasteiger partial charge < -0.3 is 14.8 Å². The van der Waals surface area contributed by atoms with Crippen LogP contribution in [-0.4, -0.2) is 30.3 Å². The minimum absolute atomic E-state index is 0.300. The van der Waals surface area contributed by atoms with Crippen molar-refractivity contribution in [2.75, 3.05) is 6.61 Å². The second-order valence-electron chi connectivity index (χ2n) is 7.63. The number of amides is 1. The fourth-order valence-electron chi connectivity index (χ4n) is 2.73. The molecule has 0 aliphatic heterocycles. The Morgan fingerprint density at radius 2 is 1.62 bits per heavy atom. The Kier molecular flexibility index (Phi) is 8.01. The molecule has 1 N–H and O–H groups in total. The van der Waals surface area contributed by atoms with Crippen LogP contribution in [0.15, 0.2) is 66.7 Å². The Hall–Kier alpha value is -3.08. The summed E-state index contributed by atoms with van der Waals surface area (Å²) in [5.74, 6) is -0.442. The number of alkyl carbamates (subject to hydrolysis) is 1. The molecule has 0 aliphatic rings. The van der Waals surface area contributed by atoms with Crippen LogP contribution < -0.4 is 5.32 Å². The third-order valence-corrected chi connectivity index (χ3v) is 3.97. The van der Waals surface area contributed by atoms with Crippen LogP contribution in [0.2, 0.25) is 0 Å². The van der Waals surface area contributed by atoms with Crippen LogP contribution in [0.1, 0.15) is 33.3 Å². The van der Waals surface area contributed by atoms with Crippen molar-refractivity contribution in [2.45, 2.75) is 45.8 Å². The summed E-state index contributed by atoms with van der Waals surface area (Å²) in [5.41, 5.74) is 2.69. The first-order valence-electron chi connectivity index (χ1n) is 9.75. The number of rotatable bonds is 7. The lowest BCUT2D eigenvalue weighted by atomic mass is 10.0. The number of carbonyl (C=O) groups excluding carboxylic acids is 2. The van der Waals surface area contributed by atoms with Crippen LogP contribution >= 0.6 is 0 Å². The van der Waals surface area contributed by atoms with Crippen molar-refractivity contribution in [1.82, 2.24) is 5.32 Å². The van der Waals surface area contributed by atoms with Crippen molar-refractivity contribution in [3.05, 3.63) is 72.3 Å². The molecule has 1 amide bonds. The molecule has 2 aromatic rings. The number of carbonyl (C=O) groups is 2. The Morgan fingerprint density at radius 3 is 2.21 bits per heavy atom.